The van der Waals surface area contributed by atoms with Crippen molar-refractivity contribution in [2.45, 2.75) is 13.8 Å². The average molecular weight is 284 g/mol. The second kappa shape index (κ2) is 4.92. The standard InChI is InChI=1S/C20H16N2/c1-13-11-14(2)22-20(21-13)19-17-9-5-3-7-15(17)12-16-8-4-6-10-18(16)19/h3-12H,1-2H3. The summed E-state index contributed by atoms with van der Waals surface area (Å²) in [6, 6.07) is 21.1. The zero-order valence-electron chi connectivity index (χ0n) is 12.7. The Morgan fingerprint density at radius 2 is 1.14 bits per heavy atom. The number of aromatic nitrogens is 2. The maximum atomic E-state index is 4.69. The topological polar surface area (TPSA) is 25.8 Å². The van der Waals surface area contributed by atoms with Gasteiger partial charge in [0.25, 0.3) is 0 Å². The summed E-state index contributed by atoms with van der Waals surface area (Å²) >= 11 is 0. The molecule has 0 fully saturated rings. The molecule has 0 aliphatic carbocycles. The summed E-state index contributed by atoms with van der Waals surface area (Å²) in [7, 11) is 0. The van der Waals surface area contributed by atoms with E-state index in [0.29, 0.717) is 0 Å². The molecule has 0 radical (unpaired) electrons. The highest BCUT2D eigenvalue weighted by Crippen LogP contribution is 2.34. The molecular weight excluding hydrogens is 268 g/mol. The van der Waals surface area contributed by atoms with Gasteiger partial charge in [-0.1, -0.05) is 48.5 Å². The van der Waals surface area contributed by atoms with Gasteiger partial charge in [0.1, 0.15) is 0 Å². The lowest BCUT2D eigenvalue weighted by Gasteiger charge is -2.11. The molecule has 4 rings (SSSR count). The van der Waals surface area contributed by atoms with Crippen molar-refractivity contribution < 1.29 is 0 Å². The number of aryl methyl sites for hydroxylation is 2. The molecule has 2 nitrogen and oxygen atoms in total. The first kappa shape index (κ1) is 13.0. The van der Waals surface area contributed by atoms with Crippen molar-refractivity contribution in [3.8, 4) is 11.4 Å². The predicted molar refractivity (Wildman–Crippen MR) is 92.0 cm³/mol. The van der Waals surface area contributed by atoms with Crippen LogP contribution in [0.5, 0.6) is 0 Å². The van der Waals surface area contributed by atoms with E-state index in [1.807, 2.05) is 19.9 Å². The lowest BCUT2D eigenvalue weighted by Crippen LogP contribution is -1.96. The van der Waals surface area contributed by atoms with E-state index in [-0.39, 0.29) is 0 Å². The second-order valence-electron chi connectivity index (χ2n) is 5.67. The molecule has 0 spiro atoms. The summed E-state index contributed by atoms with van der Waals surface area (Å²) in [5, 5.41) is 4.84. The highest BCUT2D eigenvalue weighted by molar-refractivity contribution is 6.11. The predicted octanol–water partition coefficient (Wildman–Crippen LogP) is 5.07. The van der Waals surface area contributed by atoms with Crippen LogP contribution in [-0.4, -0.2) is 9.97 Å². The molecule has 1 aromatic heterocycles. The lowest BCUT2D eigenvalue weighted by atomic mass is 9.96. The van der Waals surface area contributed by atoms with Gasteiger partial charge in [0.15, 0.2) is 5.82 Å². The average Bonchev–Trinajstić information content (AvgIpc) is 2.51. The Bertz CT molecular complexity index is 929. The third-order valence-electron chi connectivity index (χ3n) is 3.98. The van der Waals surface area contributed by atoms with Crippen molar-refractivity contribution in [2.75, 3.05) is 0 Å². The van der Waals surface area contributed by atoms with Gasteiger partial charge < -0.3 is 0 Å². The van der Waals surface area contributed by atoms with Crippen LogP contribution in [-0.2, 0) is 0 Å². The summed E-state index contributed by atoms with van der Waals surface area (Å²) in [5.41, 5.74) is 3.12. The third-order valence-corrected chi connectivity index (χ3v) is 3.98. The smallest absolute Gasteiger partial charge is 0.160 e. The highest BCUT2D eigenvalue weighted by atomic mass is 14.9. The summed E-state index contributed by atoms with van der Waals surface area (Å²) in [5.74, 6) is 0.811. The second-order valence-corrected chi connectivity index (χ2v) is 5.67. The Morgan fingerprint density at radius 3 is 1.68 bits per heavy atom. The normalized spacial score (nSPS) is 11.2. The van der Waals surface area contributed by atoms with Crippen molar-refractivity contribution in [3.05, 3.63) is 72.1 Å². The first-order valence-electron chi connectivity index (χ1n) is 7.45. The van der Waals surface area contributed by atoms with E-state index in [1.165, 1.54) is 21.5 Å². The Balaban J connectivity index is 2.21. The van der Waals surface area contributed by atoms with Crippen LogP contribution < -0.4 is 0 Å². The van der Waals surface area contributed by atoms with Crippen LogP contribution in [0, 0.1) is 13.8 Å². The minimum absolute atomic E-state index is 0.811. The molecule has 0 saturated carbocycles. The van der Waals surface area contributed by atoms with E-state index < -0.39 is 0 Å². The molecule has 0 unspecified atom stereocenters. The number of benzene rings is 3. The monoisotopic (exact) mass is 284 g/mol. The van der Waals surface area contributed by atoms with Crippen LogP contribution in [0.25, 0.3) is 32.9 Å². The maximum absolute atomic E-state index is 4.69. The van der Waals surface area contributed by atoms with Gasteiger partial charge in [0.05, 0.1) is 0 Å². The van der Waals surface area contributed by atoms with Crippen molar-refractivity contribution in [2.24, 2.45) is 0 Å². The lowest BCUT2D eigenvalue weighted by molar-refractivity contribution is 1.07. The van der Waals surface area contributed by atoms with Crippen molar-refractivity contribution >= 4 is 21.5 Å². The Kier molecular flexibility index (Phi) is 2.90. The quantitative estimate of drug-likeness (QED) is 0.456. The van der Waals surface area contributed by atoms with Crippen LogP contribution in [0.3, 0.4) is 0 Å². The molecule has 0 amide bonds. The number of nitrogens with zero attached hydrogens (tertiary/aromatic N) is 2. The van der Waals surface area contributed by atoms with E-state index in [0.717, 1.165) is 22.8 Å². The van der Waals surface area contributed by atoms with Crippen LogP contribution >= 0.6 is 0 Å². The van der Waals surface area contributed by atoms with E-state index in [9.17, 15) is 0 Å². The van der Waals surface area contributed by atoms with Crippen molar-refractivity contribution in [3.63, 3.8) is 0 Å². The minimum Gasteiger partial charge on any atom is -0.233 e. The zero-order valence-corrected chi connectivity index (χ0v) is 12.7. The molecule has 0 atom stereocenters. The number of hydrogen-bond donors (Lipinski definition) is 0. The van der Waals surface area contributed by atoms with Crippen LogP contribution in [0.15, 0.2) is 60.7 Å². The van der Waals surface area contributed by atoms with Gasteiger partial charge in [-0.25, -0.2) is 9.97 Å². The minimum atomic E-state index is 0.811. The van der Waals surface area contributed by atoms with Gasteiger partial charge in [0, 0.05) is 17.0 Å². The molecular formula is C20H16N2. The summed E-state index contributed by atoms with van der Waals surface area (Å²) in [6.45, 7) is 4.04. The molecule has 3 aromatic carbocycles. The van der Waals surface area contributed by atoms with Crippen LogP contribution in [0.2, 0.25) is 0 Å². The van der Waals surface area contributed by atoms with Gasteiger partial charge in [-0.05, 0) is 47.5 Å². The molecule has 2 heteroatoms. The molecule has 4 aromatic rings. The fourth-order valence-corrected chi connectivity index (χ4v) is 3.09. The molecule has 0 N–H and O–H groups in total. The number of hydrogen-bond acceptors (Lipinski definition) is 2. The SMILES string of the molecule is Cc1cc(C)nc(-c2c3ccccc3cc3ccccc23)n1. The summed E-state index contributed by atoms with van der Waals surface area (Å²) in [6.07, 6.45) is 0. The van der Waals surface area contributed by atoms with Crippen molar-refractivity contribution in [1.82, 2.24) is 9.97 Å². The third kappa shape index (κ3) is 2.04. The number of fused-ring (bicyclic) bond motifs is 2. The van der Waals surface area contributed by atoms with Gasteiger partial charge in [-0.15, -0.1) is 0 Å². The van der Waals surface area contributed by atoms with Gasteiger partial charge in [-0.3, -0.25) is 0 Å². The molecule has 1 heterocycles. The van der Waals surface area contributed by atoms with E-state index >= 15 is 0 Å². The van der Waals surface area contributed by atoms with Crippen molar-refractivity contribution in [1.29, 1.82) is 0 Å². The fourth-order valence-electron chi connectivity index (χ4n) is 3.09. The van der Waals surface area contributed by atoms with Gasteiger partial charge >= 0.3 is 0 Å². The Morgan fingerprint density at radius 1 is 0.636 bits per heavy atom. The van der Waals surface area contributed by atoms with E-state index in [4.69, 9.17) is 9.97 Å². The first-order valence-corrected chi connectivity index (χ1v) is 7.45. The number of rotatable bonds is 1. The van der Waals surface area contributed by atoms with Gasteiger partial charge in [0.2, 0.25) is 0 Å². The van der Waals surface area contributed by atoms with E-state index in [1.54, 1.807) is 0 Å². The Hall–Kier alpha value is -2.74. The van der Waals surface area contributed by atoms with Gasteiger partial charge in [-0.2, -0.15) is 0 Å². The fraction of sp³-hybridized carbons (Fsp3) is 0.100. The molecule has 0 saturated heterocycles. The molecule has 106 valence electrons. The highest BCUT2D eigenvalue weighted by Gasteiger charge is 2.12. The largest absolute Gasteiger partial charge is 0.233 e. The first-order chi connectivity index (χ1) is 10.7. The van der Waals surface area contributed by atoms with Crippen LogP contribution in [0.1, 0.15) is 11.4 Å². The molecule has 0 aliphatic heterocycles. The summed E-state index contributed by atoms with van der Waals surface area (Å²) < 4.78 is 0. The van der Waals surface area contributed by atoms with E-state index in [2.05, 4.69) is 54.6 Å². The molecule has 0 aliphatic rings. The molecule has 22 heavy (non-hydrogen) atoms. The maximum Gasteiger partial charge on any atom is 0.160 e. The molecule has 0 bridgehead atoms. The summed E-state index contributed by atoms with van der Waals surface area (Å²) in [4.78, 5) is 9.39. The van der Waals surface area contributed by atoms with Crippen LogP contribution in [0.4, 0.5) is 0 Å². The Labute approximate surface area is 129 Å². The zero-order chi connectivity index (χ0) is 15.1.